The van der Waals surface area contributed by atoms with Gasteiger partial charge >= 0.3 is 0 Å². The van der Waals surface area contributed by atoms with Gasteiger partial charge in [0.2, 0.25) is 0 Å². The zero-order chi connectivity index (χ0) is 17.0. The van der Waals surface area contributed by atoms with E-state index in [2.05, 4.69) is 48.6 Å². The topological polar surface area (TPSA) is 30.5 Å². The Morgan fingerprint density at radius 1 is 0.917 bits per heavy atom. The van der Waals surface area contributed by atoms with Gasteiger partial charge in [-0.05, 0) is 23.3 Å². The van der Waals surface area contributed by atoms with Gasteiger partial charge in [-0.2, -0.15) is 0 Å². The van der Waals surface area contributed by atoms with Crippen LogP contribution in [0.3, 0.4) is 0 Å². The summed E-state index contributed by atoms with van der Waals surface area (Å²) in [6, 6.07) is 12.8. The predicted octanol–water partition coefficient (Wildman–Crippen LogP) is 4.93. The maximum Gasteiger partial charge on any atom is 0.124 e. The molecule has 0 aromatic heterocycles. The predicted molar refractivity (Wildman–Crippen MR) is 102 cm³/mol. The molecule has 1 N–H and O–H groups in total. The average molecular weight is 329 g/mol. The van der Waals surface area contributed by atoms with Crippen LogP contribution in [-0.2, 0) is 11.3 Å². The molecule has 3 nitrogen and oxygen atoms in total. The Bertz CT molecular complexity index is 597. The molecule has 132 valence electrons. The fourth-order valence-corrected chi connectivity index (χ4v) is 2.91. The molecule has 0 amide bonds. The highest BCUT2D eigenvalue weighted by atomic mass is 16.5. The lowest BCUT2D eigenvalue weighted by Crippen LogP contribution is -2.19. The molecule has 2 aromatic rings. The normalized spacial score (nSPS) is 11.1. The van der Waals surface area contributed by atoms with E-state index in [0.29, 0.717) is 0 Å². The Balaban J connectivity index is 2.01. The zero-order valence-electron chi connectivity index (χ0n) is 15.1. The number of ether oxygens (including phenoxy) is 2. The lowest BCUT2D eigenvalue weighted by molar-refractivity contribution is 0.199. The molecule has 0 saturated heterocycles. The first-order valence-corrected chi connectivity index (χ1v) is 9.20. The van der Waals surface area contributed by atoms with Gasteiger partial charge in [0.25, 0.3) is 0 Å². The Labute approximate surface area is 146 Å². The van der Waals surface area contributed by atoms with Gasteiger partial charge in [-0.25, -0.2) is 0 Å². The smallest absolute Gasteiger partial charge is 0.124 e. The van der Waals surface area contributed by atoms with Crippen molar-refractivity contribution >= 4 is 10.8 Å². The van der Waals surface area contributed by atoms with Gasteiger partial charge in [-0.1, -0.05) is 62.9 Å². The second-order valence-electron chi connectivity index (χ2n) is 6.20. The van der Waals surface area contributed by atoms with E-state index >= 15 is 0 Å². The summed E-state index contributed by atoms with van der Waals surface area (Å²) in [5, 5.41) is 5.98. The van der Waals surface area contributed by atoms with E-state index in [0.717, 1.165) is 38.5 Å². The molecule has 0 aliphatic heterocycles. The van der Waals surface area contributed by atoms with E-state index in [-0.39, 0.29) is 0 Å². The second-order valence-corrected chi connectivity index (χ2v) is 6.20. The number of hydrogen-bond acceptors (Lipinski definition) is 3. The molecule has 24 heavy (non-hydrogen) atoms. The van der Waals surface area contributed by atoms with E-state index in [4.69, 9.17) is 9.47 Å². The SMILES string of the molecule is CCCCCCCOc1ccc2ccccc2c1CNCCOC. The van der Waals surface area contributed by atoms with Crippen LogP contribution in [0.15, 0.2) is 36.4 Å². The van der Waals surface area contributed by atoms with Crippen molar-refractivity contribution in [1.82, 2.24) is 5.32 Å². The molecular weight excluding hydrogens is 298 g/mol. The van der Waals surface area contributed by atoms with E-state index in [9.17, 15) is 0 Å². The van der Waals surface area contributed by atoms with Crippen LogP contribution < -0.4 is 10.1 Å². The number of unbranched alkanes of at least 4 members (excludes halogenated alkanes) is 4. The molecule has 0 saturated carbocycles. The van der Waals surface area contributed by atoms with Crippen molar-refractivity contribution in [3.63, 3.8) is 0 Å². The van der Waals surface area contributed by atoms with Crippen molar-refractivity contribution < 1.29 is 9.47 Å². The zero-order valence-corrected chi connectivity index (χ0v) is 15.1. The Morgan fingerprint density at radius 2 is 1.75 bits per heavy atom. The Morgan fingerprint density at radius 3 is 2.58 bits per heavy atom. The Hall–Kier alpha value is -1.58. The van der Waals surface area contributed by atoms with Gasteiger partial charge in [0.05, 0.1) is 13.2 Å². The number of rotatable bonds is 12. The highest BCUT2D eigenvalue weighted by Crippen LogP contribution is 2.28. The maximum atomic E-state index is 6.11. The van der Waals surface area contributed by atoms with Crippen LogP contribution in [0.25, 0.3) is 10.8 Å². The van der Waals surface area contributed by atoms with Crippen molar-refractivity contribution in [3.8, 4) is 5.75 Å². The third-order valence-corrected chi connectivity index (χ3v) is 4.29. The first-order chi connectivity index (χ1) is 11.9. The molecule has 0 bridgehead atoms. The Kier molecular flexibility index (Phi) is 8.64. The van der Waals surface area contributed by atoms with Crippen LogP contribution in [0.1, 0.15) is 44.6 Å². The molecule has 0 heterocycles. The first kappa shape index (κ1) is 18.8. The molecule has 2 rings (SSSR count). The van der Waals surface area contributed by atoms with Crippen LogP contribution >= 0.6 is 0 Å². The lowest BCUT2D eigenvalue weighted by atomic mass is 10.0. The molecule has 0 aliphatic carbocycles. The molecule has 0 atom stereocenters. The van der Waals surface area contributed by atoms with E-state index in [1.54, 1.807) is 7.11 Å². The minimum Gasteiger partial charge on any atom is -0.493 e. The molecule has 0 fully saturated rings. The molecule has 0 spiro atoms. The monoisotopic (exact) mass is 329 g/mol. The van der Waals surface area contributed by atoms with Crippen molar-refractivity contribution in [1.29, 1.82) is 0 Å². The summed E-state index contributed by atoms with van der Waals surface area (Å²) in [7, 11) is 1.73. The summed E-state index contributed by atoms with van der Waals surface area (Å²) in [5.74, 6) is 1.01. The van der Waals surface area contributed by atoms with Crippen molar-refractivity contribution in [2.45, 2.75) is 45.6 Å². The number of fused-ring (bicyclic) bond motifs is 1. The van der Waals surface area contributed by atoms with Gasteiger partial charge in [0.15, 0.2) is 0 Å². The fraction of sp³-hybridized carbons (Fsp3) is 0.524. The third-order valence-electron chi connectivity index (χ3n) is 4.29. The quantitative estimate of drug-likeness (QED) is 0.560. The molecule has 2 aromatic carbocycles. The van der Waals surface area contributed by atoms with Crippen LogP contribution in [0, 0.1) is 0 Å². The molecular formula is C21H31NO2. The van der Waals surface area contributed by atoms with Crippen LogP contribution in [0.4, 0.5) is 0 Å². The summed E-state index contributed by atoms with van der Waals surface area (Å²) in [5.41, 5.74) is 1.25. The van der Waals surface area contributed by atoms with E-state index < -0.39 is 0 Å². The minimum absolute atomic E-state index is 0.721. The van der Waals surface area contributed by atoms with E-state index in [1.807, 2.05) is 0 Å². The molecule has 0 radical (unpaired) electrons. The third kappa shape index (κ3) is 5.81. The summed E-state index contributed by atoms with van der Waals surface area (Å²) >= 11 is 0. The van der Waals surface area contributed by atoms with Crippen LogP contribution in [0.5, 0.6) is 5.75 Å². The standard InChI is InChI=1S/C21H31NO2/c1-3-4-5-6-9-15-24-21-13-12-18-10-7-8-11-19(18)20(21)17-22-14-16-23-2/h7-8,10-13,22H,3-6,9,14-17H2,1-2H3. The highest BCUT2D eigenvalue weighted by Gasteiger charge is 2.08. The van der Waals surface area contributed by atoms with Gasteiger partial charge in [-0.15, -0.1) is 0 Å². The van der Waals surface area contributed by atoms with Crippen molar-refractivity contribution in [2.75, 3.05) is 26.9 Å². The highest BCUT2D eigenvalue weighted by molar-refractivity contribution is 5.87. The number of methoxy groups -OCH3 is 1. The van der Waals surface area contributed by atoms with Crippen molar-refractivity contribution in [3.05, 3.63) is 42.0 Å². The molecule has 0 aliphatic rings. The van der Waals surface area contributed by atoms with Crippen LogP contribution in [-0.4, -0.2) is 26.9 Å². The van der Waals surface area contributed by atoms with Gasteiger partial charge in [0, 0.05) is 25.8 Å². The van der Waals surface area contributed by atoms with Crippen molar-refractivity contribution in [2.24, 2.45) is 0 Å². The van der Waals surface area contributed by atoms with Crippen LogP contribution in [0.2, 0.25) is 0 Å². The van der Waals surface area contributed by atoms with Gasteiger partial charge in [-0.3, -0.25) is 0 Å². The second kappa shape index (κ2) is 11.1. The minimum atomic E-state index is 0.721. The van der Waals surface area contributed by atoms with Gasteiger partial charge in [0.1, 0.15) is 5.75 Å². The summed E-state index contributed by atoms with van der Waals surface area (Å²) in [6.45, 7) is 5.41. The number of nitrogens with one attached hydrogen (secondary N) is 1. The lowest BCUT2D eigenvalue weighted by Gasteiger charge is -2.15. The van der Waals surface area contributed by atoms with Gasteiger partial charge < -0.3 is 14.8 Å². The first-order valence-electron chi connectivity index (χ1n) is 9.20. The number of benzene rings is 2. The van der Waals surface area contributed by atoms with E-state index in [1.165, 1.54) is 42.0 Å². The maximum absolute atomic E-state index is 6.11. The average Bonchev–Trinajstić information content (AvgIpc) is 2.62. The largest absolute Gasteiger partial charge is 0.493 e. The summed E-state index contributed by atoms with van der Waals surface area (Å²) < 4.78 is 11.2. The summed E-state index contributed by atoms with van der Waals surface area (Å²) in [4.78, 5) is 0. The molecule has 3 heteroatoms. The molecule has 0 unspecified atom stereocenters. The summed E-state index contributed by atoms with van der Waals surface area (Å²) in [6.07, 6.45) is 6.29. The number of hydrogen-bond donors (Lipinski definition) is 1. The fourth-order valence-electron chi connectivity index (χ4n) is 2.91.